The van der Waals surface area contributed by atoms with Crippen LogP contribution in [0.4, 0.5) is 0 Å². The summed E-state index contributed by atoms with van der Waals surface area (Å²) in [6.07, 6.45) is 12.6. The fourth-order valence-electron chi connectivity index (χ4n) is 11.9. The van der Waals surface area contributed by atoms with Gasteiger partial charge in [-0.3, -0.25) is 0 Å². The molecule has 0 aliphatic heterocycles. The van der Waals surface area contributed by atoms with Gasteiger partial charge in [-0.25, -0.2) is 0 Å². The highest BCUT2D eigenvalue weighted by Crippen LogP contribution is 2.47. The number of hydrogen-bond acceptors (Lipinski definition) is 1. The lowest BCUT2D eigenvalue weighted by Crippen LogP contribution is -2.07. The Bertz CT molecular complexity index is 4070. The average molecular weight is 887 g/mol. The van der Waals surface area contributed by atoms with Gasteiger partial charge >= 0.3 is 0 Å². The molecule has 1 atom stereocenters. The molecule has 0 saturated carbocycles. The molecule has 0 bridgehead atoms. The van der Waals surface area contributed by atoms with Crippen molar-refractivity contribution in [1.29, 1.82) is 0 Å². The minimum atomic E-state index is 0.431. The quantitative estimate of drug-likeness (QED) is 0.162. The van der Waals surface area contributed by atoms with Gasteiger partial charge in [0.05, 0.1) is 27.9 Å². The number of aromatic nitrogens is 2. The van der Waals surface area contributed by atoms with Crippen molar-refractivity contribution in [3.8, 4) is 33.6 Å². The lowest BCUT2D eigenvalue weighted by atomic mass is 9.87. The van der Waals surface area contributed by atoms with Crippen LogP contribution in [-0.4, -0.2) is 9.13 Å². The van der Waals surface area contributed by atoms with Gasteiger partial charge in [0.15, 0.2) is 0 Å². The van der Waals surface area contributed by atoms with Crippen LogP contribution in [0.15, 0.2) is 216 Å². The molecule has 0 spiro atoms. The topological polar surface area (TPSA) is 9.86 Å². The predicted molar refractivity (Wildman–Crippen MR) is 291 cm³/mol. The average Bonchev–Trinajstić information content (AvgIpc) is 3.92. The third kappa shape index (κ3) is 5.92. The summed E-state index contributed by atoms with van der Waals surface area (Å²) in [5, 5.41) is 11.5. The smallest absolute Gasteiger partial charge is 0.0541 e. The van der Waals surface area contributed by atoms with E-state index in [0.717, 1.165) is 19.3 Å². The highest BCUT2D eigenvalue weighted by Gasteiger charge is 2.26. The SMILES string of the molecule is CC1CC=Cc2c1n(-c1ccc(-c3ccc(Sc4ccc(-c5ccc(-n6c7ccccc7c7ccccc76)c6ccccc56)c5ccccc45)c4c3C=CCC4)c3ccccc13)c1ccccc21. The van der Waals surface area contributed by atoms with E-state index in [-0.39, 0.29) is 0 Å². The van der Waals surface area contributed by atoms with Crippen LogP contribution >= 0.6 is 11.8 Å². The first kappa shape index (κ1) is 39.3. The van der Waals surface area contributed by atoms with Gasteiger partial charge in [-0.05, 0) is 117 Å². The van der Waals surface area contributed by atoms with Crippen molar-refractivity contribution in [1.82, 2.24) is 9.13 Å². The number of benzene rings is 10. The summed E-state index contributed by atoms with van der Waals surface area (Å²) in [6, 6.07) is 72.5. The second-order valence-electron chi connectivity index (χ2n) is 18.6. The third-order valence-corrected chi connectivity index (χ3v) is 16.1. The van der Waals surface area contributed by atoms with Gasteiger partial charge in [-0.15, -0.1) is 0 Å². The summed E-state index contributed by atoms with van der Waals surface area (Å²) in [4.78, 5) is 2.61. The Morgan fingerprint density at radius 3 is 1.49 bits per heavy atom. The van der Waals surface area contributed by atoms with E-state index in [9.17, 15) is 0 Å². The van der Waals surface area contributed by atoms with Gasteiger partial charge in [0, 0.05) is 53.9 Å². The monoisotopic (exact) mass is 886 g/mol. The Hall–Kier alpha value is -7.85. The van der Waals surface area contributed by atoms with Crippen LogP contribution in [0.1, 0.15) is 48.1 Å². The second kappa shape index (κ2) is 15.6. The molecule has 68 heavy (non-hydrogen) atoms. The zero-order valence-corrected chi connectivity index (χ0v) is 38.6. The maximum absolute atomic E-state index is 2.56. The first-order valence-electron chi connectivity index (χ1n) is 24.0. The molecule has 14 rings (SSSR count). The highest BCUT2D eigenvalue weighted by atomic mass is 32.2. The predicted octanol–water partition coefficient (Wildman–Crippen LogP) is 18.2. The van der Waals surface area contributed by atoms with Crippen LogP contribution in [0.5, 0.6) is 0 Å². The number of fused-ring (bicyclic) bond motifs is 10. The van der Waals surface area contributed by atoms with Crippen LogP contribution in [0.3, 0.4) is 0 Å². The number of para-hydroxylation sites is 3. The molecular weight excluding hydrogens is 841 g/mol. The number of rotatable bonds is 6. The van der Waals surface area contributed by atoms with Crippen molar-refractivity contribution < 1.29 is 0 Å². The van der Waals surface area contributed by atoms with Crippen molar-refractivity contribution in [3.05, 3.63) is 229 Å². The molecule has 0 radical (unpaired) electrons. The summed E-state index contributed by atoms with van der Waals surface area (Å²) in [7, 11) is 0. The molecule has 2 aromatic heterocycles. The zero-order chi connectivity index (χ0) is 44.9. The summed E-state index contributed by atoms with van der Waals surface area (Å²) in [5.41, 5.74) is 16.8. The van der Waals surface area contributed by atoms with Gasteiger partial charge in [0.2, 0.25) is 0 Å². The first-order chi connectivity index (χ1) is 33.7. The summed E-state index contributed by atoms with van der Waals surface area (Å²) in [6.45, 7) is 2.37. The van der Waals surface area contributed by atoms with Crippen molar-refractivity contribution >= 4 is 88.9 Å². The molecule has 1 unspecified atom stereocenters. The summed E-state index contributed by atoms with van der Waals surface area (Å²) < 4.78 is 5.00. The minimum Gasteiger partial charge on any atom is -0.312 e. The number of hydrogen-bond donors (Lipinski definition) is 0. The van der Waals surface area contributed by atoms with Crippen LogP contribution < -0.4 is 0 Å². The molecule has 0 N–H and O–H groups in total. The van der Waals surface area contributed by atoms with Crippen molar-refractivity contribution in [3.63, 3.8) is 0 Å². The van der Waals surface area contributed by atoms with E-state index >= 15 is 0 Å². The Morgan fingerprint density at radius 2 is 0.838 bits per heavy atom. The lowest BCUT2D eigenvalue weighted by molar-refractivity contribution is 0.724. The Morgan fingerprint density at radius 1 is 0.382 bits per heavy atom. The van der Waals surface area contributed by atoms with Crippen LogP contribution in [0.25, 0.3) is 111 Å². The number of allylic oxidation sites excluding steroid dienone is 2. The molecular formula is C65H46N2S. The fourth-order valence-corrected chi connectivity index (χ4v) is 13.0. The van der Waals surface area contributed by atoms with Gasteiger partial charge in [-0.1, -0.05) is 195 Å². The van der Waals surface area contributed by atoms with Gasteiger partial charge in [0.1, 0.15) is 0 Å². The molecule has 0 saturated heterocycles. The molecule has 2 aliphatic rings. The van der Waals surface area contributed by atoms with Crippen LogP contribution in [-0.2, 0) is 6.42 Å². The standard InChI is InChI=1S/C65H46N2S/c1-41-17-16-29-57-54-26-12-15-32-60(54)67(65(41)57)62-38-34-47(43-19-3-7-23-51(43)62)49-36-40-64(56-28-9-5-21-45(49)56)68-63-39-35-48(44-20-4-8-27-55(44)63)46-33-37-61(50-22-6-2-18-42(46)50)66-58-30-13-10-24-52(58)53-25-11-14-31-59(53)66/h2-8,10-16,18-27,29-41H,9,17,28H2,1H3. The van der Waals surface area contributed by atoms with E-state index in [1.165, 1.54) is 131 Å². The van der Waals surface area contributed by atoms with Crippen LogP contribution in [0.2, 0.25) is 0 Å². The largest absolute Gasteiger partial charge is 0.312 e. The summed E-state index contributed by atoms with van der Waals surface area (Å²) in [5.74, 6) is 0.431. The molecule has 2 aliphatic carbocycles. The third-order valence-electron chi connectivity index (χ3n) is 14.9. The van der Waals surface area contributed by atoms with Gasteiger partial charge in [0.25, 0.3) is 0 Å². The Balaban J connectivity index is 0.868. The first-order valence-corrected chi connectivity index (χ1v) is 24.9. The lowest BCUT2D eigenvalue weighted by Gasteiger charge is -2.23. The van der Waals surface area contributed by atoms with Crippen molar-refractivity contribution in [2.45, 2.75) is 41.9 Å². The van der Waals surface area contributed by atoms with Crippen molar-refractivity contribution in [2.24, 2.45) is 0 Å². The van der Waals surface area contributed by atoms with E-state index in [4.69, 9.17) is 0 Å². The highest BCUT2D eigenvalue weighted by molar-refractivity contribution is 7.99. The van der Waals surface area contributed by atoms with E-state index in [1.807, 2.05) is 11.8 Å². The molecule has 0 amide bonds. The molecule has 2 heterocycles. The van der Waals surface area contributed by atoms with Gasteiger partial charge in [-0.2, -0.15) is 0 Å². The van der Waals surface area contributed by atoms with Gasteiger partial charge < -0.3 is 9.13 Å². The molecule has 0 fully saturated rings. The second-order valence-corrected chi connectivity index (χ2v) is 19.7. The Labute approximate surface area is 400 Å². The normalized spacial score (nSPS) is 14.5. The molecule has 3 heteroatoms. The molecule has 2 nitrogen and oxygen atoms in total. The molecule has 322 valence electrons. The molecule has 12 aromatic rings. The maximum Gasteiger partial charge on any atom is 0.0541 e. The molecule has 10 aromatic carbocycles. The van der Waals surface area contributed by atoms with E-state index < -0.39 is 0 Å². The van der Waals surface area contributed by atoms with Crippen molar-refractivity contribution in [2.75, 3.05) is 0 Å². The minimum absolute atomic E-state index is 0.431. The fraction of sp³-hybridized carbons (Fsp3) is 0.0769. The Kier molecular flexibility index (Phi) is 9.04. The maximum atomic E-state index is 2.56. The van der Waals surface area contributed by atoms with Crippen LogP contribution in [0, 0.1) is 0 Å². The number of nitrogens with zero attached hydrogens (tertiary/aromatic N) is 2. The van der Waals surface area contributed by atoms with E-state index in [0.29, 0.717) is 5.92 Å². The zero-order valence-electron chi connectivity index (χ0n) is 37.8. The van der Waals surface area contributed by atoms with E-state index in [2.05, 4.69) is 234 Å². The summed E-state index contributed by atoms with van der Waals surface area (Å²) >= 11 is 1.92. The van der Waals surface area contributed by atoms with E-state index in [1.54, 1.807) is 0 Å².